The van der Waals surface area contributed by atoms with E-state index in [9.17, 15) is 4.79 Å². The van der Waals surface area contributed by atoms with Gasteiger partial charge in [-0.05, 0) is 32.0 Å². The fourth-order valence-corrected chi connectivity index (χ4v) is 2.64. The van der Waals surface area contributed by atoms with E-state index in [2.05, 4.69) is 11.9 Å². The minimum absolute atomic E-state index is 0.0451. The van der Waals surface area contributed by atoms with E-state index in [1.807, 2.05) is 14.1 Å². The molecule has 0 aliphatic carbocycles. The maximum atomic E-state index is 12.3. The van der Waals surface area contributed by atoms with Crippen LogP contribution >= 0.6 is 0 Å². The van der Waals surface area contributed by atoms with Crippen LogP contribution in [-0.2, 0) is 7.05 Å². The molecule has 0 spiro atoms. The van der Waals surface area contributed by atoms with Crippen molar-refractivity contribution in [2.75, 3.05) is 39.5 Å². The highest BCUT2D eigenvalue weighted by Gasteiger charge is 2.24. The number of hydrogen-bond acceptors (Lipinski definition) is 3. The first-order valence-corrected chi connectivity index (χ1v) is 6.33. The Bertz CT molecular complexity index is 440. The van der Waals surface area contributed by atoms with Crippen LogP contribution in [0.15, 0.2) is 12.3 Å². The molecule has 100 valence electrons. The highest BCUT2D eigenvalue weighted by molar-refractivity contribution is 5.93. The maximum absolute atomic E-state index is 12.3. The van der Waals surface area contributed by atoms with Gasteiger partial charge in [-0.15, -0.1) is 0 Å². The summed E-state index contributed by atoms with van der Waals surface area (Å²) in [4.78, 5) is 16.4. The average Bonchev–Trinajstić information content (AvgIpc) is 2.84. The zero-order valence-electron chi connectivity index (χ0n) is 11.4. The molecule has 1 aliphatic rings. The van der Waals surface area contributed by atoms with Crippen LogP contribution in [-0.4, -0.2) is 54.0 Å². The number of anilines is 1. The third-order valence-electron chi connectivity index (χ3n) is 3.61. The summed E-state index contributed by atoms with van der Waals surface area (Å²) in [5, 5.41) is 0. The number of nitrogens with two attached hydrogens (primary N) is 1. The summed E-state index contributed by atoms with van der Waals surface area (Å²) in [5.41, 5.74) is 6.99. The molecule has 1 aromatic rings. The Morgan fingerprint density at radius 2 is 2.28 bits per heavy atom. The van der Waals surface area contributed by atoms with E-state index in [4.69, 9.17) is 5.73 Å². The van der Waals surface area contributed by atoms with Crippen LogP contribution in [0.1, 0.15) is 16.9 Å². The monoisotopic (exact) mass is 250 g/mol. The number of rotatable bonds is 3. The van der Waals surface area contributed by atoms with Gasteiger partial charge in [0.15, 0.2) is 0 Å². The van der Waals surface area contributed by atoms with Gasteiger partial charge in [-0.2, -0.15) is 0 Å². The lowest BCUT2D eigenvalue weighted by atomic mass is 10.1. The quantitative estimate of drug-likeness (QED) is 0.856. The van der Waals surface area contributed by atoms with Gasteiger partial charge in [0.1, 0.15) is 5.69 Å². The first-order valence-electron chi connectivity index (χ1n) is 6.33. The van der Waals surface area contributed by atoms with E-state index < -0.39 is 0 Å². The van der Waals surface area contributed by atoms with Crippen molar-refractivity contribution < 1.29 is 4.79 Å². The Balaban J connectivity index is 1.98. The normalized spacial score (nSPS) is 20.3. The summed E-state index contributed by atoms with van der Waals surface area (Å²) < 4.78 is 1.79. The minimum Gasteiger partial charge on any atom is -0.397 e. The zero-order chi connectivity index (χ0) is 13.3. The summed E-state index contributed by atoms with van der Waals surface area (Å²) in [6, 6.07) is 1.74. The average molecular weight is 250 g/mol. The lowest BCUT2D eigenvalue weighted by Crippen LogP contribution is -2.33. The molecule has 5 nitrogen and oxygen atoms in total. The zero-order valence-corrected chi connectivity index (χ0v) is 11.4. The number of hydrogen-bond donors (Lipinski definition) is 1. The standard InChI is InChI=1S/C13H22N4O/c1-15-5-4-10(7-15)8-17(3)13(18)12-6-11(14)9-16(12)2/h6,9-10H,4-5,7-8,14H2,1-3H3. The van der Waals surface area contributed by atoms with Gasteiger partial charge >= 0.3 is 0 Å². The molecule has 0 saturated carbocycles. The van der Waals surface area contributed by atoms with Crippen molar-refractivity contribution in [2.24, 2.45) is 13.0 Å². The predicted octanol–water partition coefficient (Wildman–Crippen LogP) is 0.631. The Hall–Kier alpha value is -1.49. The van der Waals surface area contributed by atoms with Gasteiger partial charge in [-0.1, -0.05) is 0 Å². The van der Waals surface area contributed by atoms with E-state index >= 15 is 0 Å². The second-order valence-corrected chi connectivity index (χ2v) is 5.37. The van der Waals surface area contributed by atoms with Gasteiger partial charge in [0.2, 0.25) is 0 Å². The van der Waals surface area contributed by atoms with Crippen LogP contribution in [0, 0.1) is 5.92 Å². The Morgan fingerprint density at radius 3 is 2.78 bits per heavy atom. The molecule has 1 unspecified atom stereocenters. The van der Waals surface area contributed by atoms with Crippen LogP contribution in [0.3, 0.4) is 0 Å². The van der Waals surface area contributed by atoms with Crippen molar-refractivity contribution >= 4 is 11.6 Å². The predicted molar refractivity (Wildman–Crippen MR) is 72.4 cm³/mol. The number of nitrogen functional groups attached to an aromatic ring is 1. The molecule has 2 N–H and O–H groups in total. The molecule has 0 bridgehead atoms. The van der Waals surface area contributed by atoms with E-state index in [0.29, 0.717) is 17.3 Å². The van der Waals surface area contributed by atoms with Gasteiger partial charge in [0.05, 0.1) is 5.69 Å². The van der Waals surface area contributed by atoms with Crippen molar-refractivity contribution in [1.29, 1.82) is 0 Å². The summed E-state index contributed by atoms with van der Waals surface area (Å²) >= 11 is 0. The molecular weight excluding hydrogens is 228 g/mol. The largest absolute Gasteiger partial charge is 0.397 e. The van der Waals surface area contributed by atoms with Gasteiger partial charge in [-0.25, -0.2) is 0 Å². The van der Waals surface area contributed by atoms with E-state index in [1.54, 1.807) is 21.7 Å². The topological polar surface area (TPSA) is 54.5 Å². The fraction of sp³-hybridized carbons (Fsp3) is 0.615. The first kappa shape index (κ1) is 13.0. The van der Waals surface area contributed by atoms with Gasteiger partial charge in [0.25, 0.3) is 5.91 Å². The molecule has 18 heavy (non-hydrogen) atoms. The first-order chi connectivity index (χ1) is 8.47. The number of nitrogens with zero attached hydrogens (tertiary/aromatic N) is 3. The van der Waals surface area contributed by atoms with Crippen molar-refractivity contribution in [3.63, 3.8) is 0 Å². The van der Waals surface area contributed by atoms with Crippen molar-refractivity contribution in [3.8, 4) is 0 Å². The summed E-state index contributed by atoms with van der Waals surface area (Å²) in [5.74, 6) is 0.630. The molecule has 1 aromatic heterocycles. The molecule has 1 fully saturated rings. The number of likely N-dealkylation sites (tertiary alicyclic amines) is 1. The lowest BCUT2D eigenvalue weighted by molar-refractivity contribution is 0.0764. The SMILES string of the molecule is CN1CCC(CN(C)C(=O)c2cc(N)cn2C)C1. The number of aryl methyl sites for hydroxylation is 1. The molecule has 1 amide bonds. The third kappa shape index (κ3) is 2.67. The molecule has 5 heteroatoms. The fourth-order valence-electron chi connectivity index (χ4n) is 2.64. The summed E-state index contributed by atoms with van der Waals surface area (Å²) in [7, 11) is 5.84. The number of aromatic nitrogens is 1. The van der Waals surface area contributed by atoms with E-state index in [1.165, 1.54) is 6.42 Å². The summed E-state index contributed by atoms with van der Waals surface area (Å²) in [6.45, 7) is 3.02. The molecule has 0 aromatic carbocycles. The second-order valence-electron chi connectivity index (χ2n) is 5.37. The van der Waals surface area contributed by atoms with Crippen molar-refractivity contribution in [1.82, 2.24) is 14.4 Å². The molecule has 1 aliphatic heterocycles. The van der Waals surface area contributed by atoms with Gasteiger partial charge < -0.3 is 20.1 Å². The summed E-state index contributed by atoms with van der Waals surface area (Å²) in [6.07, 6.45) is 2.94. The second kappa shape index (κ2) is 5.02. The lowest BCUT2D eigenvalue weighted by Gasteiger charge is -2.21. The van der Waals surface area contributed by atoms with Gasteiger partial charge in [0, 0.05) is 33.4 Å². The molecule has 2 heterocycles. The highest BCUT2D eigenvalue weighted by atomic mass is 16.2. The Kier molecular flexibility index (Phi) is 3.61. The minimum atomic E-state index is 0.0451. The van der Waals surface area contributed by atoms with E-state index in [0.717, 1.165) is 19.6 Å². The Labute approximate surface area is 108 Å². The molecular formula is C13H22N4O. The highest BCUT2D eigenvalue weighted by Crippen LogP contribution is 2.17. The number of carbonyl (C=O) groups excluding carboxylic acids is 1. The maximum Gasteiger partial charge on any atom is 0.270 e. The van der Waals surface area contributed by atoms with Crippen LogP contribution in [0.4, 0.5) is 5.69 Å². The third-order valence-corrected chi connectivity index (χ3v) is 3.61. The molecule has 1 saturated heterocycles. The molecule has 0 radical (unpaired) electrons. The number of carbonyl (C=O) groups is 1. The van der Waals surface area contributed by atoms with Crippen LogP contribution in [0.5, 0.6) is 0 Å². The van der Waals surface area contributed by atoms with Crippen LogP contribution in [0.2, 0.25) is 0 Å². The van der Waals surface area contributed by atoms with Crippen LogP contribution < -0.4 is 5.73 Å². The van der Waals surface area contributed by atoms with Crippen molar-refractivity contribution in [2.45, 2.75) is 6.42 Å². The number of amides is 1. The van der Waals surface area contributed by atoms with Crippen molar-refractivity contribution in [3.05, 3.63) is 18.0 Å². The van der Waals surface area contributed by atoms with E-state index in [-0.39, 0.29) is 5.91 Å². The van der Waals surface area contributed by atoms with Gasteiger partial charge in [-0.3, -0.25) is 4.79 Å². The molecule has 1 atom stereocenters. The molecule has 2 rings (SSSR count). The smallest absolute Gasteiger partial charge is 0.270 e. The van der Waals surface area contributed by atoms with Crippen LogP contribution in [0.25, 0.3) is 0 Å². The Morgan fingerprint density at radius 1 is 1.56 bits per heavy atom.